The van der Waals surface area contributed by atoms with E-state index in [1.165, 1.54) is 11.8 Å². The highest BCUT2D eigenvalue weighted by Gasteiger charge is 2.32. The van der Waals surface area contributed by atoms with E-state index in [-0.39, 0.29) is 30.1 Å². The van der Waals surface area contributed by atoms with E-state index in [1.807, 2.05) is 74.5 Å². The molecule has 176 valence electrons. The Bertz CT molecular complexity index is 1370. The highest BCUT2D eigenvalue weighted by atomic mass is 32.2. The van der Waals surface area contributed by atoms with Crippen molar-refractivity contribution in [2.75, 3.05) is 22.8 Å². The van der Waals surface area contributed by atoms with Crippen LogP contribution in [0.3, 0.4) is 0 Å². The van der Waals surface area contributed by atoms with Crippen LogP contribution < -0.4 is 19.7 Å². The molecule has 0 unspecified atom stereocenters. The maximum atomic E-state index is 13.4. The van der Waals surface area contributed by atoms with E-state index in [1.54, 1.807) is 17.0 Å². The van der Waals surface area contributed by atoms with Crippen LogP contribution in [0, 0.1) is 13.8 Å². The van der Waals surface area contributed by atoms with Crippen molar-refractivity contribution < 1.29 is 19.1 Å². The molecule has 0 aromatic heterocycles. The molecule has 1 N–H and O–H groups in total. The number of aliphatic imine (C=N–C) groups is 1. The Morgan fingerprint density at radius 2 is 1.83 bits per heavy atom. The van der Waals surface area contributed by atoms with Crippen LogP contribution >= 0.6 is 11.8 Å². The van der Waals surface area contributed by atoms with Crippen LogP contribution in [0.4, 0.5) is 11.4 Å². The molecule has 3 aromatic carbocycles. The Morgan fingerprint density at radius 1 is 1.06 bits per heavy atom. The molecule has 8 heteroatoms. The largest absolute Gasteiger partial charge is 0.454 e. The van der Waals surface area contributed by atoms with Crippen molar-refractivity contribution in [3.63, 3.8) is 0 Å². The highest BCUT2D eigenvalue weighted by molar-refractivity contribution is 8.14. The molecule has 2 aliphatic rings. The molecule has 3 aromatic rings. The number of carbonyl (C=O) groups excluding carboxylic acids is 2. The number of aryl methyl sites for hydroxylation is 2. The maximum Gasteiger partial charge on any atom is 0.283 e. The average molecular weight is 486 g/mol. The van der Waals surface area contributed by atoms with Crippen LogP contribution in [0.2, 0.25) is 0 Å². The molecule has 5 rings (SSSR count). The number of hydrogen-bond donors (Lipinski definition) is 1. The van der Waals surface area contributed by atoms with Crippen LogP contribution in [0.5, 0.6) is 11.5 Å². The molecule has 0 fully saturated rings. The number of amides is 2. The molecule has 0 radical (unpaired) electrons. The molecule has 0 saturated carbocycles. The summed E-state index contributed by atoms with van der Waals surface area (Å²) in [5, 5.41) is 3.37. The van der Waals surface area contributed by atoms with Gasteiger partial charge in [0.2, 0.25) is 12.7 Å². The lowest BCUT2D eigenvalue weighted by atomic mass is 10.1. The third kappa shape index (κ3) is 4.93. The van der Waals surface area contributed by atoms with Gasteiger partial charge in [0.25, 0.3) is 5.91 Å². The van der Waals surface area contributed by atoms with Crippen molar-refractivity contribution in [1.82, 2.24) is 0 Å². The van der Waals surface area contributed by atoms with Crippen LogP contribution in [0.1, 0.15) is 16.7 Å². The van der Waals surface area contributed by atoms with E-state index >= 15 is 0 Å². The molecule has 0 spiro atoms. The Hall–Kier alpha value is -4.04. The molecule has 35 heavy (non-hydrogen) atoms. The smallest absolute Gasteiger partial charge is 0.283 e. The number of carbonyl (C=O) groups is 2. The topological polar surface area (TPSA) is 80.2 Å². The first kappa shape index (κ1) is 22.7. The molecule has 0 atom stereocenters. The number of rotatable bonds is 5. The summed E-state index contributed by atoms with van der Waals surface area (Å²) in [6.45, 7) is 4.11. The summed E-state index contributed by atoms with van der Waals surface area (Å²) < 4.78 is 10.8. The van der Waals surface area contributed by atoms with E-state index in [9.17, 15) is 9.59 Å². The minimum atomic E-state index is -0.256. The Morgan fingerprint density at radius 3 is 2.63 bits per heavy atom. The Balaban J connectivity index is 1.39. The zero-order chi connectivity index (χ0) is 24.4. The number of nitrogens with zero attached hydrogens (tertiary/aromatic N) is 2. The predicted molar refractivity (Wildman–Crippen MR) is 139 cm³/mol. The summed E-state index contributed by atoms with van der Waals surface area (Å²) in [7, 11) is 0. The monoisotopic (exact) mass is 485 g/mol. The Labute approximate surface area is 207 Å². The number of anilines is 2. The molecule has 0 saturated heterocycles. The van der Waals surface area contributed by atoms with Crippen molar-refractivity contribution in [3.8, 4) is 11.5 Å². The predicted octanol–water partition coefficient (Wildman–Crippen LogP) is 5.15. The summed E-state index contributed by atoms with van der Waals surface area (Å²) in [6.07, 6.45) is 1.71. The molecule has 7 nitrogen and oxygen atoms in total. The van der Waals surface area contributed by atoms with Crippen LogP contribution in [-0.4, -0.2) is 29.5 Å². The SMILES string of the molecule is Cc1ccc(N2C(=O)/C(=C\c3ccc4c(c3)OCO4)N=C2SCC(=O)Nc2ccccc2C)cc1. The quantitative estimate of drug-likeness (QED) is 0.506. The first-order chi connectivity index (χ1) is 17.0. The summed E-state index contributed by atoms with van der Waals surface area (Å²) in [5.74, 6) is 0.988. The number of nitrogens with one attached hydrogen (secondary N) is 1. The van der Waals surface area contributed by atoms with Gasteiger partial charge < -0.3 is 14.8 Å². The first-order valence-electron chi connectivity index (χ1n) is 11.1. The van der Waals surface area contributed by atoms with Gasteiger partial charge in [-0.15, -0.1) is 0 Å². The number of benzene rings is 3. The first-order valence-corrected chi connectivity index (χ1v) is 12.1. The van der Waals surface area contributed by atoms with E-state index in [2.05, 4.69) is 10.3 Å². The normalized spacial score (nSPS) is 15.5. The van der Waals surface area contributed by atoms with Gasteiger partial charge in [0, 0.05) is 5.69 Å². The van der Waals surface area contributed by atoms with Gasteiger partial charge in [-0.1, -0.05) is 53.7 Å². The van der Waals surface area contributed by atoms with E-state index in [0.29, 0.717) is 22.4 Å². The third-order valence-electron chi connectivity index (χ3n) is 5.57. The number of amidine groups is 1. The van der Waals surface area contributed by atoms with Crippen molar-refractivity contribution in [3.05, 3.63) is 89.1 Å². The third-order valence-corrected chi connectivity index (χ3v) is 6.51. The average Bonchev–Trinajstić information content (AvgIpc) is 3.44. The van der Waals surface area contributed by atoms with Crippen LogP contribution in [-0.2, 0) is 9.59 Å². The Kier molecular flexibility index (Phi) is 6.29. The molecule has 2 amide bonds. The number of thioether (sulfide) groups is 1. The van der Waals surface area contributed by atoms with E-state index in [0.717, 1.165) is 22.4 Å². The van der Waals surface area contributed by atoms with Crippen molar-refractivity contribution in [2.24, 2.45) is 4.99 Å². The second-order valence-corrected chi connectivity index (χ2v) is 9.11. The van der Waals surface area contributed by atoms with Crippen molar-refractivity contribution >= 4 is 46.2 Å². The van der Waals surface area contributed by atoms with Gasteiger partial charge in [-0.05, 0) is 61.4 Å². The summed E-state index contributed by atoms with van der Waals surface area (Å²) in [5.41, 5.74) is 4.58. The molecule has 2 aliphatic heterocycles. The van der Waals surface area contributed by atoms with Gasteiger partial charge in [-0.25, -0.2) is 4.99 Å². The number of hydrogen-bond acceptors (Lipinski definition) is 6. The van der Waals surface area contributed by atoms with Gasteiger partial charge in [-0.2, -0.15) is 0 Å². The van der Waals surface area contributed by atoms with Gasteiger partial charge in [0.1, 0.15) is 5.70 Å². The summed E-state index contributed by atoms with van der Waals surface area (Å²) >= 11 is 1.22. The van der Waals surface area contributed by atoms with Gasteiger partial charge >= 0.3 is 0 Å². The van der Waals surface area contributed by atoms with Gasteiger partial charge in [-0.3, -0.25) is 14.5 Å². The number of ether oxygens (including phenoxy) is 2. The maximum absolute atomic E-state index is 13.4. The van der Waals surface area contributed by atoms with Crippen molar-refractivity contribution in [1.29, 1.82) is 0 Å². The minimum absolute atomic E-state index is 0.111. The second kappa shape index (κ2) is 9.68. The lowest BCUT2D eigenvalue weighted by molar-refractivity contribution is -0.114. The van der Waals surface area contributed by atoms with Gasteiger partial charge in [0.05, 0.1) is 11.4 Å². The molecular weight excluding hydrogens is 462 g/mol. The van der Waals surface area contributed by atoms with Crippen LogP contribution in [0.15, 0.2) is 77.4 Å². The molecular formula is C27H23N3O4S. The summed E-state index contributed by atoms with van der Waals surface area (Å²) in [4.78, 5) is 32.2. The fraction of sp³-hybridized carbons (Fsp3) is 0.148. The fourth-order valence-electron chi connectivity index (χ4n) is 3.70. The fourth-order valence-corrected chi connectivity index (χ4v) is 4.52. The lowest BCUT2D eigenvalue weighted by Gasteiger charge is -2.18. The minimum Gasteiger partial charge on any atom is -0.454 e. The summed E-state index contributed by atoms with van der Waals surface area (Å²) in [6, 6.07) is 20.7. The molecule has 0 aliphatic carbocycles. The number of para-hydroxylation sites is 1. The second-order valence-electron chi connectivity index (χ2n) is 8.16. The molecule has 0 bridgehead atoms. The number of fused-ring (bicyclic) bond motifs is 1. The standard InChI is InChI=1S/C27H23N3O4S/c1-17-7-10-20(11-8-17)30-26(32)22(13-19-9-12-23-24(14-19)34-16-33-23)29-27(30)35-15-25(31)28-21-6-4-3-5-18(21)2/h3-14H,15-16H2,1-2H3,(H,28,31)/b22-13+. The lowest BCUT2D eigenvalue weighted by Crippen LogP contribution is -2.31. The van der Waals surface area contributed by atoms with Crippen LogP contribution in [0.25, 0.3) is 6.08 Å². The van der Waals surface area contributed by atoms with Gasteiger partial charge in [0.15, 0.2) is 16.7 Å². The van der Waals surface area contributed by atoms with Crippen molar-refractivity contribution in [2.45, 2.75) is 13.8 Å². The highest BCUT2D eigenvalue weighted by Crippen LogP contribution is 2.34. The zero-order valence-corrected chi connectivity index (χ0v) is 20.1. The van der Waals surface area contributed by atoms with E-state index < -0.39 is 0 Å². The molecule has 2 heterocycles. The van der Waals surface area contributed by atoms with E-state index in [4.69, 9.17) is 9.47 Å². The zero-order valence-electron chi connectivity index (χ0n) is 19.3.